The molecule has 29 heavy (non-hydrogen) atoms. The number of carboxylic acid groups (broad SMARTS) is 1. The standard InChI is InChI=1S/C21H30N2O6/c1-21(2,3)29-19(26)22-17(18(24)25)13-16-11-7-8-12-23(16)20(27)28-14-15-9-5-4-6-10-15/h4-6,9-10,16-17H,7-8,11-14H2,1-3H3,(H,22,26)(H,24,25). The van der Waals surface area contributed by atoms with Crippen LogP contribution in [0.3, 0.4) is 0 Å². The van der Waals surface area contributed by atoms with Crippen LogP contribution in [0.25, 0.3) is 0 Å². The number of nitrogens with zero attached hydrogens (tertiary/aromatic N) is 1. The highest BCUT2D eigenvalue weighted by Gasteiger charge is 2.33. The van der Waals surface area contributed by atoms with Gasteiger partial charge < -0.3 is 24.8 Å². The first-order valence-corrected chi connectivity index (χ1v) is 9.85. The van der Waals surface area contributed by atoms with E-state index in [2.05, 4.69) is 5.32 Å². The van der Waals surface area contributed by atoms with Gasteiger partial charge in [0.1, 0.15) is 18.2 Å². The summed E-state index contributed by atoms with van der Waals surface area (Å²) in [6.07, 6.45) is 1.19. The van der Waals surface area contributed by atoms with Crippen molar-refractivity contribution in [1.29, 1.82) is 0 Å². The number of piperidine rings is 1. The molecule has 0 spiro atoms. The summed E-state index contributed by atoms with van der Waals surface area (Å²) in [6, 6.07) is 7.87. The van der Waals surface area contributed by atoms with E-state index >= 15 is 0 Å². The van der Waals surface area contributed by atoms with Crippen LogP contribution in [0.1, 0.15) is 52.0 Å². The number of nitrogens with one attached hydrogen (secondary N) is 1. The van der Waals surface area contributed by atoms with E-state index in [9.17, 15) is 19.5 Å². The molecule has 2 atom stereocenters. The monoisotopic (exact) mass is 406 g/mol. The van der Waals surface area contributed by atoms with Crippen molar-refractivity contribution in [2.45, 2.75) is 70.7 Å². The Balaban J connectivity index is 1.97. The van der Waals surface area contributed by atoms with Crippen molar-refractivity contribution in [1.82, 2.24) is 10.2 Å². The van der Waals surface area contributed by atoms with Crippen LogP contribution in [-0.2, 0) is 20.9 Å². The Morgan fingerprint density at radius 2 is 1.90 bits per heavy atom. The number of aliphatic carboxylic acids is 1. The Hall–Kier alpha value is -2.77. The quantitative estimate of drug-likeness (QED) is 0.749. The molecule has 0 saturated carbocycles. The van der Waals surface area contributed by atoms with E-state index in [1.54, 1.807) is 25.7 Å². The van der Waals surface area contributed by atoms with E-state index in [1.165, 1.54) is 0 Å². The molecule has 0 bridgehead atoms. The van der Waals surface area contributed by atoms with Gasteiger partial charge in [0.15, 0.2) is 0 Å². The van der Waals surface area contributed by atoms with Crippen LogP contribution >= 0.6 is 0 Å². The van der Waals surface area contributed by atoms with E-state index in [4.69, 9.17) is 9.47 Å². The molecular weight excluding hydrogens is 376 g/mol. The molecule has 1 saturated heterocycles. The molecule has 1 aromatic rings. The Morgan fingerprint density at radius 3 is 2.52 bits per heavy atom. The zero-order valence-electron chi connectivity index (χ0n) is 17.2. The third-order valence-electron chi connectivity index (χ3n) is 4.56. The SMILES string of the molecule is CC(C)(C)OC(=O)NC(CC1CCCCN1C(=O)OCc1ccccc1)C(=O)O. The topological polar surface area (TPSA) is 105 Å². The van der Waals surface area contributed by atoms with Crippen LogP contribution in [0, 0.1) is 0 Å². The molecule has 1 heterocycles. The van der Waals surface area contributed by atoms with Gasteiger partial charge in [0, 0.05) is 12.6 Å². The van der Waals surface area contributed by atoms with Gasteiger partial charge in [-0.25, -0.2) is 14.4 Å². The molecule has 0 radical (unpaired) electrons. The van der Waals surface area contributed by atoms with Crippen molar-refractivity contribution in [3.63, 3.8) is 0 Å². The zero-order chi connectivity index (χ0) is 21.4. The molecule has 2 rings (SSSR count). The number of alkyl carbamates (subject to hydrolysis) is 1. The van der Waals surface area contributed by atoms with Crippen molar-refractivity contribution < 1.29 is 29.0 Å². The van der Waals surface area contributed by atoms with Gasteiger partial charge >= 0.3 is 18.2 Å². The molecule has 8 heteroatoms. The zero-order valence-corrected chi connectivity index (χ0v) is 17.2. The molecule has 2 N–H and O–H groups in total. The minimum absolute atomic E-state index is 0.0923. The Labute approximate surface area is 171 Å². The number of carbonyl (C=O) groups is 3. The lowest BCUT2D eigenvalue weighted by atomic mass is 9.96. The third-order valence-corrected chi connectivity index (χ3v) is 4.56. The summed E-state index contributed by atoms with van der Waals surface area (Å²) in [6.45, 7) is 5.76. The highest BCUT2D eigenvalue weighted by molar-refractivity contribution is 5.80. The minimum atomic E-state index is -1.17. The molecule has 1 aromatic carbocycles. The highest BCUT2D eigenvalue weighted by Crippen LogP contribution is 2.22. The average Bonchev–Trinajstić information content (AvgIpc) is 2.65. The smallest absolute Gasteiger partial charge is 0.410 e. The molecule has 2 amide bonds. The van der Waals surface area contributed by atoms with Crippen LogP contribution in [0.15, 0.2) is 30.3 Å². The van der Waals surface area contributed by atoms with E-state index in [-0.39, 0.29) is 19.1 Å². The molecule has 2 unspecified atom stereocenters. The van der Waals surface area contributed by atoms with Crippen LogP contribution in [-0.4, -0.2) is 52.4 Å². The van der Waals surface area contributed by atoms with Gasteiger partial charge in [-0.3, -0.25) is 0 Å². The summed E-state index contributed by atoms with van der Waals surface area (Å²) in [5, 5.41) is 11.9. The van der Waals surface area contributed by atoms with Crippen LogP contribution in [0.2, 0.25) is 0 Å². The van der Waals surface area contributed by atoms with Crippen molar-refractivity contribution >= 4 is 18.2 Å². The maximum atomic E-state index is 12.6. The number of likely N-dealkylation sites (tertiary alicyclic amines) is 1. The largest absolute Gasteiger partial charge is 0.480 e. The fraction of sp³-hybridized carbons (Fsp3) is 0.571. The number of hydrogen-bond donors (Lipinski definition) is 2. The van der Waals surface area contributed by atoms with Gasteiger partial charge in [-0.05, 0) is 52.0 Å². The van der Waals surface area contributed by atoms with E-state index in [0.717, 1.165) is 18.4 Å². The Kier molecular flexibility index (Phi) is 7.87. The molecule has 1 aliphatic heterocycles. The number of hydrogen-bond acceptors (Lipinski definition) is 5. The third kappa shape index (κ3) is 7.63. The van der Waals surface area contributed by atoms with Crippen molar-refractivity contribution in [2.75, 3.05) is 6.54 Å². The molecule has 0 aromatic heterocycles. The fourth-order valence-electron chi connectivity index (χ4n) is 3.23. The number of rotatable bonds is 6. The maximum absolute atomic E-state index is 12.6. The number of ether oxygens (including phenoxy) is 2. The fourth-order valence-corrected chi connectivity index (χ4v) is 3.23. The number of amides is 2. The van der Waals surface area contributed by atoms with Gasteiger partial charge in [0.25, 0.3) is 0 Å². The lowest BCUT2D eigenvalue weighted by Gasteiger charge is -2.36. The van der Waals surface area contributed by atoms with Crippen molar-refractivity contribution in [3.05, 3.63) is 35.9 Å². The normalized spacial score (nSPS) is 17.9. The first-order valence-electron chi connectivity index (χ1n) is 9.85. The number of carbonyl (C=O) groups excluding carboxylic acids is 2. The van der Waals surface area contributed by atoms with Gasteiger partial charge in [-0.2, -0.15) is 0 Å². The lowest BCUT2D eigenvalue weighted by Crippen LogP contribution is -2.50. The molecular formula is C21H30N2O6. The molecule has 160 valence electrons. The van der Waals surface area contributed by atoms with Gasteiger partial charge in [0.2, 0.25) is 0 Å². The minimum Gasteiger partial charge on any atom is -0.480 e. The van der Waals surface area contributed by atoms with Crippen molar-refractivity contribution in [2.24, 2.45) is 0 Å². The van der Waals surface area contributed by atoms with Crippen molar-refractivity contribution in [3.8, 4) is 0 Å². The van der Waals surface area contributed by atoms with Crippen LogP contribution in [0.4, 0.5) is 9.59 Å². The number of benzene rings is 1. The summed E-state index contributed by atoms with van der Waals surface area (Å²) in [4.78, 5) is 37.8. The molecule has 0 aliphatic carbocycles. The first kappa shape index (κ1) is 22.5. The van der Waals surface area contributed by atoms with Gasteiger partial charge in [0.05, 0.1) is 0 Å². The van der Waals surface area contributed by atoms with Crippen LogP contribution < -0.4 is 5.32 Å². The average molecular weight is 406 g/mol. The van der Waals surface area contributed by atoms with Gasteiger partial charge in [-0.1, -0.05) is 30.3 Å². The Morgan fingerprint density at radius 1 is 1.21 bits per heavy atom. The summed E-state index contributed by atoms with van der Waals surface area (Å²) >= 11 is 0. The number of carboxylic acids is 1. The predicted octanol–water partition coefficient (Wildman–Crippen LogP) is 3.55. The molecule has 8 nitrogen and oxygen atoms in total. The summed E-state index contributed by atoms with van der Waals surface area (Å²) in [7, 11) is 0. The van der Waals surface area contributed by atoms with E-state index < -0.39 is 29.8 Å². The second-order valence-corrected chi connectivity index (χ2v) is 8.16. The summed E-state index contributed by atoms with van der Waals surface area (Å²) in [5.74, 6) is -1.17. The second kappa shape index (κ2) is 10.1. The summed E-state index contributed by atoms with van der Waals surface area (Å²) in [5.41, 5.74) is 0.148. The highest BCUT2D eigenvalue weighted by atomic mass is 16.6. The van der Waals surface area contributed by atoms with E-state index in [0.29, 0.717) is 13.0 Å². The van der Waals surface area contributed by atoms with Crippen LogP contribution in [0.5, 0.6) is 0 Å². The van der Waals surface area contributed by atoms with Gasteiger partial charge in [-0.15, -0.1) is 0 Å². The molecule has 1 aliphatic rings. The second-order valence-electron chi connectivity index (χ2n) is 8.16. The lowest BCUT2D eigenvalue weighted by molar-refractivity contribution is -0.140. The van der Waals surface area contributed by atoms with E-state index in [1.807, 2.05) is 30.3 Å². The molecule has 1 fully saturated rings. The predicted molar refractivity (Wildman–Crippen MR) is 106 cm³/mol. The summed E-state index contributed by atoms with van der Waals surface area (Å²) < 4.78 is 10.6. The first-order chi connectivity index (χ1) is 13.7. The Bertz CT molecular complexity index is 701. The maximum Gasteiger partial charge on any atom is 0.410 e.